The lowest BCUT2D eigenvalue weighted by Gasteiger charge is -2.16. The van der Waals surface area contributed by atoms with Gasteiger partial charge >= 0.3 is 6.18 Å². The Morgan fingerprint density at radius 3 is 2.51 bits per heavy atom. The van der Waals surface area contributed by atoms with Gasteiger partial charge in [-0.05, 0) is 42.5 Å². The minimum Gasteiger partial charge on any atom is -0.497 e. The highest BCUT2D eigenvalue weighted by Gasteiger charge is 2.30. The van der Waals surface area contributed by atoms with Gasteiger partial charge in [-0.3, -0.25) is 9.59 Å². The van der Waals surface area contributed by atoms with Gasteiger partial charge in [-0.1, -0.05) is 17.8 Å². The molecule has 1 aromatic heterocycles. The van der Waals surface area contributed by atoms with E-state index in [1.165, 1.54) is 23.8 Å². The molecule has 0 fully saturated rings. The molecular weight excluding hydrogens is 487 g/mol. The molecule has 2 aromatic carbocycles. The highest BCUT2D eigenvalue weighted by Crippen LogP contribution is 2.30. The van der Waals surface area contributed by atoms with Crippen LogP contribution in [0.15, 0.2) is 53.7 Å². The molecule has 0 aliphatic carbocycles. The molecule has 35 heavy (non-hydrogen) atoms. The average Bonchev–Trinajstić information content (AvgIpc) is 3.20. The van der Waals surface area contributed by atoms with Crippen LogP contribution in [0.25, 0.3) is 0 Å². The Bertz CT molecular complexity index is 1180. The van der Waals surface area contributed by atoms with Crippen LogP contribution in [-0.2, 0) is 18.0 Å². The van der Waals surface area contributed by atoms with Crippen LogP contribution >= 0.6 is 11.8 Å². The number of methoxy groups -OCH3 is 1. The minimum absolute atomic E-state index is 0.0191. The highest BCUT2D eigenvalue weighted by molar-refractivity contribution is 7.99. The number of nitrogens with zero attached hydrogens (tertiary/aromatic N) is 3. The molecule has 0 bridgehead atoms. The summed E-state index contributed by atoms with van der Waals surface area (Å²) in [6.07, 6.45) is -4.52. The number of hydrogen-bond acceptors (Lipinski definition) is 7. The first kappa shape index (κ1) is 26.0. The summed E-state index contributed by atoms with van der Waals surface area (Å²) in [6.45, 7) is -0.450. The third-order valence-corrected chi connectivity index (χ3v) is 5.85. The first-order valence-corrected chi connectivity index (χ1v) is 11.2. The number of anilines is 1. The smallest absolute Gasteiger partial charge is 0.416 e. The lowest BCUT2D eigenvalue weighted by molar-refractivity contribution is -0.137. The minimum atomic E-state index is -4.52. The van der Waals surface area contributed by atoms with Crippen molar-refractivity contribution in [1.29, 1.82) is 0 Å². The molecule has 13 heteroatoms. The van der Waals surface area contributed by atoms with Gasteiger partial charge in [-0.25, -0.2) is 0 Å². The van der Waals surface area contributed by atoms with Gasteiger partial charge in [0.25, 0.3) is 5.91 Å². The van der Waals surface area contributed by atoms with Crippen LogP contribution < -0.4 is 15.4 Å². The van der Waals surface area contributed by atoms with Crippen LogP contribution in [0, 0.1) is 0 Å². The highest BCUT2D eigenvalue weighted by atomic mass is 32.2. The number of aliphatic hydroxyl groups excluding tert-OH is 1. The van der Waals surface area contributed by atoms with Crippen molar-refractivity contribution in [3.63, 3.8) is 0 Å². The zero-order valence-electron chi connectivity index (χ0n) is 18.7. The van der Waals surface area contributed by atoms with Crippen LogP contribution in [0.4, 0.5) is 18.9 Å². The molecule has 186 valence electrons. The van der Waals surface area contributed by atoms with Gasteiger partial charge in [0.05, 0.1) is 25.0 Å². The van der Waals surface area contributed by atoms with E-state index in [1.807, 2.05) is 0 Å². The van der Waals surface area contributed by atoms with Crippen molar-refractivity contribution in [3.05, 3.63) is 65.5 Å². The predicted octanol–water partition coefficient (Wildman–Crippen LogP) is 3.04. The number of carbonyl (C=O) groups excluding carboxylic acids is 2. The van der Waals surface area contributed by atoms with Crippen LogP contribution in [-0.4, -0.2) is 51.2 Å². The Balaban J connectivity index is 1.61. The molecule has 0 unspecified atom stereocenters. The van der Waals surface area contributed by atoms with Crippen molar-refractivity contribution in [2.24, 2.45) is 7.05 Å². The van der Waals surface area contributed by atoms with Gasteiger partial charge in [0.1, 0.15) is 11.8 Å². The van der Waals surface area contributed by atoms with E-state index in [0.717, 1.165) is 23.9 Å². The van der Waals surface area contributed by atoms with Gasteiger partial charge in [-0.15, -0.1) is 10.2 Å². The number of ether oxygens (including phenoxy) is 1. The van der Waals surface area contributed by atoms with E-state index in [4.69, 9.17) is 4.74 Å². The monoisotopic (exact) mass is 509 g/mol. The summed E-state index contributed by atoms with van der Waals surface area (Å²) < 4.78 is 45.1. The summed E-state index contributed by atoms with van der Waals surface area (Å²) in [6, 6.07) is 9.86. The van der Waals surface area contributed by atoms with Crippen molar-refractivity contribution in [2.45, 2.75) is 17.4 Å². The molecule has 3 aromatic rings. The second kappa shape index (κ2) is 11.2. The van der Waals surface area contributed by atoms with Gasteiger partial charge in [0.15, 0.2) is 11.0 Å². The van der Waals surface area contributed by atoms with E-state index >= 15 is 0 Å². The Kier molecular flexibility index (Phi) is 8.35. The molecular formula is C22H22F3N5O4S. The molecule has 0 aliphatic rings. The number of aromatic nitrogens is 3. The summed E-state index contributed by atoms with van der Waals surface area (Å²) in [5, 5.41) is 23.2. The maximum absolute atomic E-state index is 12.8. The molecule has 0 aliphatic heterocycles. The van der Waals surface area contributed by atoms with Crippen molar-refractivity contribution in [1.82, 2.24) is 20.1 Å². The molecule has 1 atom stereocenters. The third kappa shape index (κ3) is 6.73. The number of rotatable bonds is 9. The number of halogens is 3. The van der Waals surface area contributed by atoms with Crippen LogP contribution in [0.1, 0.15) is 27.8 Å². The largest absolute Gasteiger partial charge is 0.497 e. The van der Waals surface area contributed by atoms with Gasteiger partial charge < -0.3 is 25.0 Å². The normalized spacial score (nSPS) is 12.2. The SMILES string of the molecule is COc1ccc(C(=O)N[C@H](CO)c2nnc(SCC(=O)Nc3cccc(C(F)(F)F)c3)n2C)cc1. The van der Waals surface area contributed by atoms with Gasteiger partial charge in [-0.2, -0.15) is 13.2 Å². The van der Waals surface area contributed by atoms with Gasteiger partial charge in [0, 0.05) is 18.3 Å². The lowest BCUT2D eigenvalue weighted by atomic mass is 10.2. The second-order valence-corrected chi connectivity index (χ2v) is 8.19. The first-order valence-electron chi connectivity index (χ1n) is 10.2. The number of benzene rings is 2. The van der Waals surface area contributed by atoms with E-state index in [9.17, 15) is 27.9 Å². The fourth-order valence-corrected chi connectivity index (χ4v) is 3.75. The van der Waals surface area contributed by atoms with E-state index < -0.39 is 36.2 Å². The number of carbonyl (C=O) groups is 2. The summed E-state index contributed by atoms with van der Waals surface area (Å²) in [7, 11) is 3.11. The van der Waals surface area contributed by atoms with Crippen molar-refractivity contribution >= 4 is 29.3 Å². The fourth-order valence-electron chi connectivity index (χ4n) is 3.03. The first-order chi connectivity index (χ1) is 16.6. The zero-order valence-corrected chi connectivity index (χ0v) is 19.5. The quantitative estimate of drug-likeness (QED) is 0.380. The Labute approximate surface area is 202 Å². The summed E-state index contributed by atoms with van der Waals surface area (Å²) in [4.78, 5) is 24.8. The molecule has 9 nitrogen and oxygen atoms in total. The fraction of sp³-hybridized carbons (Fsp3) is 0.273. The predicted molar refractivity (Wildman–Crippen MR) is 122 cm³/mol. The van der Waals surface area contributed by atoms with Crippen LogP contribution in [0.5, 0.6) is 5.75 Å². The maximum atomic E-state index is 12.8. The lowest BCUT2D eigenvalue weighted by Crippen LogP contribution is -2.32. The molecule has 1 heterocycles. The number of thioether (sulfide) groups is 1. The topological polar surface area (TPSA) is 118 Å². The number of amides is 2. The van der Waals surface area contributed by atoms with Crippen molar-refractivity contribution < 1.29 is 32.6 Å². The number of hydrogen-bond donors (Lipinski definition) is 3. The van der Waals surface area contributed by atoms with E-state index in [1.54, 1.807) is 31.3 Å². The molecule has 0 saturated carbocycles. The average molecular weight is 510 g/mol. The third-order valence-electron chi connectivity index (χ3n) is 4.83. The van der Waals surface area contributed by atoms with E-state index in [2.05, 4.69) is 20.8 Å². The Hall–Kier alpha value is -3.58. The molecule has 2 amide bonds. The molecule has 0 radical (unpaired) electrons. The standard InChI is InChI=1S/C22H22F3N5O4S/c1-30-19(17(11-31)27-20(33)13-6-8-16(34-2)9-7-13)28-29-21(30)35-12-18(32)26-15-5-3-4-14(10-15)22(23,24)25/h3-10,17,31H,11-12H2,1-2H3,(H,26,32)(H,27,33)/t17-/m1/s1. The summed E-state index contributed by atoms with van der Waals surface area (Å²) in [5.74, 6) is -0.276. The summed E-state index contributed by atoms with van der Waals surface area (Å²) >= 11 is 0.999. The Morgan fingerprint density at radius 2 is 1.89 bits per heavy atom. The maximum Gasteiger partial charge on any atom is 0.416 e. The van der Waals surface area contributed by atoms with Crippen LogP contribution in [0.3, 0.4) is 0 Å². The van der Waals surface area contributed by atoms with Crippen molar-refractivity contribution in [2.75, 3.05) is 24.8 Å². The number of alkyl halides is 3. The summed E-state index contributed by atoms with van der Waals surface area (Å²) in [5.41, 5.74) is -0.495. The molecule has 0 saturated heterocycles. The second-order valence-electron chi connectivity index (χ2n) is 7.25. The Morgan fingerprint density at radius 1 is 1.17 bits per heavy atom. The van der Waals surface area contributed by atoms with Crippen molar-refractivity contribution in [3.8, 4) is 5.75 Å². The zero-order chi connectivity index (χ0) is 25.6. The molecule has 3 N–H and O–H groups in total. The molecule has 3 rings (SSSR count). The van der Waals surface area contributed by atoms with Crippen LogP contribution in [0.2, 0.25) is 0 Å². The van der Waals surface area contributed by atoms with E-state index in [0.29, 0.717) is 16.5 Å². The molecule has 0 spiro atoms. The van der Waals surface area contributed by atoms with E-state index in [-0.39, 0.29) is 17.3 Å². The number of aliphatic hydroxyl groups is 1. The number of nitrogens with one attached hydrogen (secondary N) is 2. The van der Waals surface area contributed by atoms with Gasteiger partial charge in [0.2, 0.25) is 5.91 Å².